The molecule has 0 spiro atoms. The molecule has 9 heteroatoms. The van der Waals surface area contributed by atoms with E-state index in [1.165, 1.54) is 21.3 Å². The molecule has 0 aliphatic heterocycles. The van der Waals surface area contributed by atoms with Crippen molar-refractivity contribution >= 4 is 43.5 Å². The van der Waals surface area contributed by atoms with Gasteiger partial charge in [-0.05, 0) is 72.9 Å². The zero-order chi connectivity index (χ0) is 32.4. The monoisotopic (exact) mass is 689 g/mol. The average molecular weight is 691 g/mol. The molecule has 0 aliphatic carbocycles. The molecular weight excluding hydrogens is 650 g/mol. The van der Waals surface area contributed by atoms with Crippen LogP contribution in [0.3, 0.4) is 0 Å². The van der Waals surface area contributed by atoms with Gasteiger partial charge in [0.05, 0.1) is 10.6 Å². The first kappa shape index (κ1) is 33.9. The molecule has 0 bridgehead atoms. The number of sulfonamides is 1. The Bertz CT molecular complexity index is 1700. The van der Waals surface area contributed by atoms with Crippen molar-refractivity contribution in [3.05, 3.63) is 130 Å². The predicted molar refractivity (Wildman–Crippen MR) is 183 cm³/mol. The van der Waals surface area contributed by atoms with Crippen molar-refractivity contribution in [3.8, 4) is 0 Å². The second kappa shape index (κ2) is 15.9. The number of amides is 2. The molecule has 2 amide bonds. The topological polar surface area (TPSA) is 86.8 Å². The van der Waals surface area contributed by atoms with Gasteiger partial charge in [0, 0.05) is 24.0 Å². The number of benzene rings is 4. The number of anilines is 1. The van der Waals surface area contributed by atoms with E-state index in [1.54, 1.807) is 24.3 Å². The third kappa shape index (κ3) is 9.05. The smallest absolute Gasteiger partial charge is 0.264 e. The minimum atomic E-state index is -4.15. The maximum absolute atomic E-state index is 14.6. The maximum Gasteiger partial charge on any atom is 0.264 e. The molecule has 0 unspecified atom stereocenters. The third-order valence-electron chi connectivity index (χ3n) is 7.59. The van der Waals surface area contributed by atoms with E-state index in [4.69, 9.17) is 0 Å². The predicted octanol–water partition coefficient (Wildman–Crippen LogP) is 6.82. The Balaban J connectivity index is 1.81. The molecule has 236 valence electrons. The second-order valence-corrected chi connectivity index (χ2v) is 13.9. The van der Waals surface area contributed by atoms with Crippen LogP contribution in [-0.2, 0) is 32.6 Å². The lowest BCUT2D eigenvalue weighted by Crippen LogP contribution is -2.53. The standard InChI is InChI=1S/C36H40BrN3O4S/c1-4-5-21-38-36(42)34(24-29-13-8-6-9-14-29)39(25-30-15-12-16-31(37)23-30)35(41)26-40(33-22-27(2)19-20-28(33)3)45(43,44)32-17-10-7-11-18-32/h6-20,22-23,34H,4-5,21,24-26H2,1-3H3,(H,38,42)/t34-/m1/s1. The van der Waals surface area contributed by atoms with E-state index in [2.05, 4.69) is 21.2 Å². The summed E-state index contributed by atoms with van der Waals surface area (Å²) in [6.45, 7) is 5.87. The van der Waals surface area contributed by atoms with Crippen LogP contribution < -0.4 is 9.62 Å². The van der Waals surface area contributed by atoms with Crippen LogP contribution in [0.15, 0.2) is 112 Å². The molecule has 4 aromatic carbocycles. The van der Waals surface area contributed by atoms with E-state index >= 15 is 0 Å². The number of halogens is 1. The Morgan fingerprint density at radius 3 is 2.18 bits per heavy atom. The number of rotatable bonds is 14. The molecule has 1 atom stereocenters. The summed E-state index contributed by atoms with van der Waals surface area (Å²) in [5.74, 6) is -0.762. The molecule has 0 heterocycles. The minimum absolute atomic E-state index is 0.0791. The van der Waals surface area contributed by atoms with Crippen LogP contribution in [0.4, 0.5) is 5.69 Å². The molecule has 45 heavy (non-hydrogen) atoms. The van der Waals surface area contributed by atoms with Gasteiger partial charge in [-0.3, -0.25) is 13.9 Å². The molecule has 7 nitrogen and oxygen atoms in total. The molecule has 0 aromatic heterocycles. The zero-order valence-corrected chi connectivity index (χ0v) is 28.4. The Morgan fingerprint density at radius 2 is 1.51 bits per heavy atom. The van der Waals surface area contributed by atoms with Crippen LogP contribution in [-0.4, -0.2) is 44.3 Å². The van der Waals surface area contributed by atoms with Crippen LogP contribution in [0.5, 0.6) is 0 Å². The lowest BCUT2D eigenvalue weighted by molar-refractivity contribution is -0.140. The second-order valence-electron chi connectivity index (χ2n) is 11.1. The molecule has 0 aliphatic rings. The quantitative estimate of drug-likeness (QED) is 0.147. The summed E-state index contributed by atoms with van der Waals surface area (Å²) in [7, 11) is -4.15. The van der Waals surface area contributed by atoms with Crippen molar-refractivity contribution in [2.24, 2.45) is 0 Å². The number of carbonyl (C=O) groups excluding carboxylic acids is 2. The SMILES string of the molecule is CCCCNC(=O)[C@@H](Cc1ccccc1)N(Cc1cccc(Br)c1)C(=O)CN(c1cc(C)ccc1C)S(=O)(=O)c1ccccc1. The molecule has 0 saturated carbocycles. The van der Waals surface area contributed by atoms with Gasteiger partial charge in [0.25, 0.3) is 10.0 Å². The van der Waals surface area contributed by atoms with Gasteiger partial charge in [-0.2, -0.15) is 0 Å². The summed E-state index contributed by atoms with van der Waals surface area (Å²) in [6.07, 6.45) is 1.99. The Hall–Kier alpha value is -3.95. The van der Waals surface area contributed by atoms with Crippen molar-refractivity contribution in [1.29, 1.82) is 0 Å². The molecule has 0 fully saturated rings. The lowest BCUT2D eigenvalue weighted by atomic mass is 10.0. The number of unbranched alkanes of at least 4 members (excludes halogenated alkanes) is 1. The number of hydrogen-bond donors (Lipinski definition) is 1. The molecule has 1 N–H and O–H groups in total. The highest BCUT2D eigenvalue weighted by Crippen LogP contribution is 2.29. The molecular formula is C36H40BrN3O4S. The van der Waals surface area contributed by atoms with Gasteiger partial charge in [0.15, 0.2) is 0 Å². The van der Waals surface area contributed by atoms with Crippen molar-refractivity contribution < 1.29 is 18.0 Å². The van der Waals surface area contributed by atoms with Gasteiger partial charge >= 0.3 is 0 Å². The number of aryl methyl sites for hydroxylation is 2. The Kier molecular flexibility index (Phi) is 12.0. The van der Waals surface area contributed by atoms with E-state index in [-0.39, 0.29) is 23.8 Å². The molecule has 4 aromatic rings. The molecule has 0 saturated heterocycles. The Labute approximate surface area is 275 Å². The largest absolute Gasteiger partial charge is 0.354 e. The average Bonchev–Trinajstić information content (AvgIpc) is 3.03. The fourth-order valence-corrected chi connectivity index (χ4v) is 7.05. The highest BCUT2D eigenvalue weighted by Gasteiger charge is 2.35. The van der Waals surface area contributed by atoms with Gasteiger partial charge in [-0.15, -0.1) is 0 Å². The van der Waals surface area contributed by atoms with Crippen molar-refractivity contribution in [2.45, 2.75) is 57.5 Å². The first-order chi connectivity index (χ1) is 21.6. The fraction of sp³-hybridized carbons (Fsp3) is 0.278. The summed E-state index contributed by atoms with van der Waals surface area (Å²) >= 11 is 3.52. The van der Waals surface area contributed by atoms with Crippen molar-refractivity contribution in [2.75, 3.05) is 17.4 Å². The minimum Gasteiger partial charge on any atom is -0.354 e. The molecule has 4 rings (SSSR count). The number of hydrogen-bond acceptors (Lipinski definition) is 4. The van der Waals surface area contributed by atoms with Gasteiger partial charge in [0.2, 0.25) is 11.8 Å². The Morgan fingerprint density at radius 1 is 0.844 bits per heavy atom. The van der Waals surface area contributed by atoms with Crippen LogP contribution >= 0.6 is 15.9 Å². The summed E-state index contributed by atoms with van der Waals surface area (Å²) in [5, 5.41) is 3.02. The number of nitrogens with one attached hydrogen (secondary N) is 1. The summed E-state index contributed by atoms with van der Waals surface area (Å²) in [6, 6.07) is 29.9. The first-order valence-electron chi connectivity index (χ1n) is 15.1. The van der Waals surface area contributed by atoms with Gasteiger partial charge < -0.3 is 10.2 Å². The van der Waals surface area contributed by atoms with E-state index in [0.29, 0.717) is 17.8 Å². The lowest BCUT2D eigenvalue weighted by Gasteiger charge is -2.34. The third-order valence-corrected chi connectivity index (χ3v) is 9.85. The highest BCUT2D eigenvalue weighted by molar-refractivity contribution is 9.10. The zero-order valence-electron chi connectivity index (χ0n) is 25.9. The van der Waals surface area contributed by atoms with Crippen molar-refractivity contribution in [3.63, 3.8) is 0 Å². The fourth-order valence-electron chi connectivity index (χ4n) is 5.11. The number of nitrogens with zero attached hydrogens (tertiary/aromatic N) is 2. The van der Waals surface area contributed by atoms with Crippen LogP contribution in [0.2, 0.25) is 0 Å². The van der Waals surface area contributed by atoms with Gasteiger partial charge in [0.1, 0.15) is 12.6 Å². The van der Waals surface area contributed by atoms with E-state index in [1.807, 2.05) is 87.5 Å². The van der Waals surface area contributed by atoms with Crippen LogP contribution in [0.1, 0.15) is 42.0 Å². The maximum atomic E-state index is 14.6. The first-order valence-corrected chi connectivity index (χ1v) is 17.3. The van der Waals surface area contributed by atoms with E-state index in [9.17, 15) is 18.0 Å². The normalized spacial score (nSPS) is 11.9. The highest BCUT2D eigenvalue weighted by atomic mass is 79.9. The molecule has 0 radical (unpaired) electrons. The van der Waals surface area contributed by atoms with Crippen LogP contribution in [0.25, 0.3) is 0 Å². The van der Waals surface area contributed by atoms with Gasteiger partial charge in [-0.25, -0.2) is 8.42 Å². The summed E-state index contributed by atoms with van der Waals surface area (Å²) in [5.41, 5.74) is 3.69. The van der Waals surface area contributed by atoms with Gasteiger partial charge in [-0.1, -0.05) is 102 Å². The van der Waals surface area contributed by atoms with E-state index in [0.717, 1.165) is 34.0 Å². The van der Waals surface area contributed by atoms with Crippen molar-refractivity contribution in [1.82, 2.24) is 10.2 Å². The van der Waals surface area contributed by atoms with E-state index < -0.39 is 28.5 Å². The summed E-state index contributed by atoms with van der Waals surface area (Å²) < 4.78 is 30.4. The number of carbonyl (C=O) groups is 2. The summed E-state index contributed by atoms with van der Waals surface area (Å²) in [4.78, 5) is 30.0. The van der Waals surface area contributed by atoms with Crippen LogP contribution in [0, 0.1) is 13.8 Å².